The van der Waals surface area contributed by atoms with Gasteiger partial charge >= 0.3 is 37.9 Å². The Morgan fingerprint density at radius 3 is 1.93 bits per heavy atom. The van der Waals surface area contributed by atoms with Crippen molar-refractivity contribution < 1.29 is 20.8 Å². The van der Waals surface area contributed by atoms with Crippen LogP contribution in [0.4, 0.5) is 0 Å². The summed E-state index contributed by atoms with van der Waals surface area (Å²) >= 11 is -0.826. The summed E-state index contributed by atoms with van der Waals surface area (Å²) < 4.78 is 0. The van der Waals surface area contributed by atoms with Gasteiger partial charge in [0.15, 0.2) is 0 Å². The van der Waals surface area contributed by atoms with E-state index in [1.165, 1.54) is 38.3 Å². The van der Waals surface area contributed by atoms with Crippen molar-refractivity contribution in [3.8, 4) is 11.1 Å². The Morgan fingerprint density at radius 1 is 0.833 bits per heavy atom. The van der Waals surface area contributed by atoms with Crippen LogP contribution in [0.25, 0.3) is 21.9 Å². The maximum absolute atomic E-state index is 4.93. The Hall–Kier alpha value is -0.837. The van der Waals surface area contributed by atoms with E-state index in [4.69, 9.17) is 17.0 Å². The van der Waals surface area contributed by atoms with E-state index in [2.05, 4.69) is 91.5 Å². The summed E-state index contributed by atoms with van der Waals surface area (Å²) in [5.74, 6) is 0. The molecule has 0 saturated carbocycles. The van der Waals surface area contributed by atoms with E-state index in [0.717, 1.165) is 0 Å². The van der Waals surface area contributed by atoms with Gasteiger partial charge in [0, 0.05) is 0 Å². The van der Waals surface area contributed by atoms with Crippen LogP contribution in [0.1, 0.15) is 31.9 Å². The number of benzene rings is 3. The Morgan fingerprint density at radius 2 is 1.43 bits per heavy atom. The molecule has 0 nitrogen and oxygen atoms in total. The van der Waals surface area contributed by atoms with Crippen LogP contribution in [0.5, 0.6) is 0 Å². The molecule has 0 N–H and O–H groups in total. The minimum absolute atomic E-state index is 0.210. The van der Waals surface area contributed by atoms with Crippen LogP contribution in [0.2, 0.25) is 0 Å². The molecule has 0 aliphatic rings. The monoisotopic (exact) mass is 531 g/mol. The molecule has 156 valence electrons. The third-order valence-corrected chi connectivity index (χ3v) is 5.14. The second-order valence-corrected chi connectivity index (χ2v) is 12.5. The molecule has 1 unspecified atom stereocenters. The third-order valence-electron chi connectivity index (χ3n) is 4.76. The standard InChI is InChI=1S/C20H21.C6H7P.2ClH.Zr/c1-14-12-16-6-5-7-18(19(16)13-14)15-8-10-17(11-9-15)20(2,3)4;7-6-4-2-1-3-5-6;;;/h5-13H,1-4H3;1-5H,7H2;2*1H;/q-1;;;;+2/p-2. The molecule has 0 aliphatic carbocycles. The molecule has 0 spiro atoms. The summed E-state index contributed by atoms with van der Waals surface area (Å²) in [7, 11) is 12.5. The van der Waals surface area contributed by atoms with Crippen molar-refractivity contribution in [3.05, 3.63) is 96.1 Å². The summed E-state index contributed by atoms with van der Waals surface area (Å²) in [5, 5.41) is 3.93. The second kappa shape index (κ2) is 12.3. The minimum atomic E-state index is -0.826. The van der Waals surface area contributed by atoms with Gasteiger partial charge in [-0.05, 0) is 21.8 Å². The van der Waals surface area contributed by atoms with E-state index >= 15 is 0 Å². The zero-order chi connectivity index (χ0) is 22.1. The predicted molar refractivity (Wildman–Crippen MR) is 136 cm³/mol. The third kappa shape index (κ3) is 7.69. The van der Waals surface area contributed by atoms with Gasteiger partial charge < -0.3 is 0 Å². The summed E-state index contributed by atoms with van der Waals surface area (Å²) in [6, 6.07) is 30.2. The van der Waals surface area contributed by atoms with E-state index in [1.54, 1.807) is 0 Å². The number of hydrogen-bond donors (Lipinski definition) is 0. The quantitative estimate of drug-likeness (QED) is 0.170. The fourth-order valence-corrected chi connectivity index (χ4v) is 3.46. The topological polar surface area (TPSA) is 0 Å². The average molecular weight is 534 g/mol. The molecule has 0 aliphatic heterocycles. The van der Waals surface area contributed by atoms with E-state index < -0.39 is 20.8 Å². The van der Waals surface area contributed by atoms with Crippen molar-refractivity contribution in [3.63, 3.8) is 0 Å². The fourth-order valence-electron chi connectivity index (χ4n) is 3.24. The zero-order valence-electron chi connectivity index (χ0n) is 17.9. The normalized spacial score (nSPS) is 10.5. The Balaban J connectivity index is 0.000000266. The molecular formula is C26H28Cl2PZr-. The first-order valence-corrected chi connectivity index (χ1v) is 16.7. The second-order valence-electron chi connectivity index (χ2n) is 8.15. The van der Waals surface area contributed by atoms with Gasteiger partial charge in [0.05, 0.1) is 0 Å². The Labute approximate surface area is 202 Å². The number of fused-ring (bicyclic) bond motifs is 1. The SMILES string of the molecule is Cc1cc2c(-c3ccc(C(C)(C)C)cc3)cccc2[cH-]1.Pc1ccccc1.[Cl][Zr][Cl]. The molecule has 4 aromatic rings. The predicted octanol–water partition coefficient (Wildman–Crippen LogP) is 8.40. The van der Waals surface area contributed by atoms with Gasteiger partial charge in [-0.3, -0.25) is 0 Å². The van der Waals surface area contributed by atoms with Gasteiger partial charge in [0.1, 0.15) is 0 Å². The maximum atomic E-state index is 4.93. The molecule has 0 radical (unpaired) electrons. The molecule has 4 rings (SSSR count). The van der Waals surface area contributed by atoms with Crippen LogP contribution in [-0.4, -0.2) is 0 Å². The first-order chi connectivity index (χ1) is 14.3. The van der Waals surface area contributed by atoms with E-state index in [-0.39, 0.29) is 5.41 Å². The van der Waals surface area contributed by atoms with Gasteiger partial charge in [0.2, 0.25) is 0 Å². The van der Waals surface area contributed by atoms with Crippen LogP contribution < -0.4 is 5.30 Å². The van der Waals surface area contributed by atoms with Crippen molar-refractivity contribution in [2.24, 2.45) is 0 Å². The fraction of sp³-hybridized carbons (Fsp3) is 0.192. The van der Waals surface area contributed by atoms with Crippen LogP contribution in [-0.2, 0) is 26.3 Å². The number of rotatable bonds is 1. The number of halogens is 2. The van der Waals surface area contributed by atoms with Gasteiger partial charge in [-0.1, -0.05) is 93.9 Å². The summed E-state index contributed by atoms with van der Waals surface area (Å²) in [5.41, 5.74) is 5.55. The van der Waals surface area contributed by atoms with Crippen LogP contribution in [0.15, 0.2) is 84.9 Å². The summed E-state index contributed by atoms with van der Waals surface area (Å²) in [6.45, 7) is 8.92. The molecule has 0 bridgehead atoms. The summed E-state index contributed by atoms with van der Waals surface area (Å²) in [6.07, 6.45) is 0. The van der Waals surface area contributed by atoms with Crippen molar-refractivity contribution >= 4 is 42.3 Å². The summed E-state index contributed by atoms with van der Waals surface area (Å²) in [4.78, 5) is 0. The van der Waals surface area contributed by atoms with E-state index in [0.29, 0.717) is 0 Å². The van der Waals surface area contributed by atoms with Gasteiger partial charge in [0.25, 0.3) is 0 Å². The van der Waals surface area contributed by atoms with Crippen LogP contribution in [0, 0.1) is 6.92 Å². The molecular weight excluding hydrogens is 505 g/mol. The van der Waals surface area contributed by atoms with E-state index in [9.17, 15) is 0 Å². The molecule has 1 atom stereocenters. The molecule has 0 aromatic heterocycles. The van der Waals surface area contributed by atoms with Crippen molar-refractivity contribution in [1.29, 1.82) is 0 Å². The van der Waals surface area contributed by atoms with E-state index in [1.807, 2.05) is 30.3 Å². The first-order valence-electron chi connectivity index (χ1n) is 9.80. The van der Waals surface area contributed by atoms with Gasteiger partial charge in [-0.25, -0.2) is 0 Å². The molecule has 0 fully saturated rings. The first kappa shape index (κ1) is 25.4. The molecule has 4 heteroatoms. The van der Waals surface area contributed by atoms with Gasteiger partial charge in [-0.2, -0.15) is 6.07 Å². The molecule has 0 heterocycles. The van der Waals surface area contributed by atoms with Gasteiger partial charge in [-0.15, -0.1) is 43.8 Å². The van der Waals surface area contributed by atoms with Crippen molar-refractivity contribution in [2.75, 3.05) is 0 Å². The van der Waals surface area contributed by atoms with Crippen LogP contribution in [0.3, 0.4) is 0 Å². The van der Waals surface area contributed by atoms with Crippen LogP contribution >= 0.6 is 26.3 Å². The molecule has 0 saturated heterocycles. The van der Waals surface area contributed by atoms with Crippen molar-refractivity contribution in [2.45, 2.75) is 33.1 Å². The number of hydrogen-bond acceptors (Lipinski definition) is 0. The van der Waals surface area contributed by atoms with Crippen molar-refractivity contribution in [1.82, 2.24) is 0 Å². The Kier molecular flexibility index (Phi) is 10.4. The Bertz CT molecular complexity index is 1030. The number of aryl methyl sites for hydroxylation is 1. The zero-order valence-corrected chi connectivity index (χ0v) is 23.0. The molecule has 30 heavy (non-hydrogen) atoms. The molecule has 4 aromatic carbocycles. The molecule has 0 amide bonds. The average Bonchev–Trinajstić information content (AvgIpc) is 3.09.